The van der Waals surface area contributed by atoms with Crippen LogP contribution in [0, 0.1) is 0 Å². The van der Waals surface area contributed by atoms with Crippen molar-refractivity contribution in [3.63, 3.8) is 0 Å². The van der Waals surface area contributed by atoms with Gasteiger partial charge in [0.25, 0.3) is 11.8 Å². The van der Waals surface area contributed by atoms with Crippen LogP contribution >= 0.6 is 0 Å². The topological polar surface area (TPSA) is 220 Å². The number of aliphatic carboxylic acids is 1. The number of hydrogen-bond donors (Lipinski definition) is 5. The molecule has 3 aromatic carbocycles. The molecule has 2 aromatic heterocycles. The summed E-state index contributed by atoms with van der Waals surface area (Å²) >= 11 is 0. The van der Waals surface area contributed by atoms with Crippen molar-refractivity contribution in [2.45, 2.75) is 75.6 Å². The summed E-state index contributed by atoms with van der Waals surface area (Å²) in [5.41, 5.74) is 3.50. The second-order valence-corrected chi connectivity index (χ2v) is 14.7. The van der Waals surface area contributed by atoms with Gasteiger partial charge in [0.05, 0.1) is 25.5 Å². The number of cyclic esters (lactones) is 1. The zero-order valence-electron chi connectivity index (χ0n) is 32.0. The number of rotatable bonds is 12. The van der Waals surface area contributed by atoms with Crippen LogP contribution in [-0.2, 0) is 40.1 Å². The van der Waals surface area contributed by atoms with E-state index in [1.165, 1.54) is 4.90 Å². The number of aromatic nitrogens is 2. The summed E-state index contributed by atoms with van der Waals surface area (Å²) in [4.78, 5) is 94.4. The van der Waals surface area contributed by atoms with E-state index in [-0.39, 0.29) is 30.7 Å². The third-order valence-electron chi connectivity index (χ3n) is 10.6. The second-order valence-electron chi connectivity index (χ2n) is 14.7. The van der Waals surface area contributed by atoms with Gasteiger partial charge in [-0.05, 0) is 55.5 Å². The average Bonchev–Trinajstić information content (AvgIpc) is 4.09. The van der Waals surface area contributed by atoms with Gasteiger partial charge >= 0.3 is 11.9 Å². The van der Waals surface area contributed by atoms with E-state index in [9.17, 15) is 33.6 Å². The van der Waals surface area contributed by atoms with Gasteiger partial charge in [0.15, 0.2) is 0 Å². The molecule has 0 spiro atoms. The number of aldehydes is 1. The molecule has 5 N–H and O–H groups in total. The molecule has 1 unspecified atom stereocenters. The molecular weight excluding hydrogens is 761 g/mol. The van der Waals surface area contributed by atoms with Gasteiger partial charge in [0.1, 0.15) is 35.8 Å². The summed E-state index contributed by atoms with van der Waals surface area (Å²) in [7, 11) is 0. The molecule has 4 amide bonds. The van der Waals surface area contributed by atoms with Gasteiger partial charge < -0.3 is 49.8 Å². The van der Waals surface area contributed by atoms with E-state index < -0.39 is 54.7 Å². The molecule has 16 heteroatoms. The SMILES string of the molecule is O=C1C[C@H](NC(=O)[C@@H]2CCCN2C(=O)c2cc3ccccc3[nH]2)C(OCc2ccccc2)O1.O=C[C@H](CC(=O)O)NC(=O)[C@@H]1CCCN1C(=O)c1cc2ccccc2[nH]1. The normalized spacial score (nSPS) is 20.4. The van der Waals surface area contributed by atoms with E-state index in [1.54, 1.807) is 11.0 Å². The van der Waals surface area contributed by atoms with Crippen molar-refractivity contribution in [3.8, 4) is 0 Å². The van der Waals surface area contributed by atoms with E-state index in [0.29, 0.717) is 50.0 Å². The van der Waals surface area contributed by atoms with Crippen molar-refractivity contribution >= 4 is 63.7 Å². The predicted molar refractivity (Wildman–Crippen MR) is 213 cm³/mol. The number of benzene rings is 3. The monoisotopic (exact) mass is 804 g/mol. The molecule has 0 aliphatic carbocycles. The lowest BCUT2D eigenvalue weighted by atomic mass is 10.1. The van der Waals surface area contributed by atoms with Crippen LogP contribution in [0.25, 0.3) is 21.8 Å². The molecule has 59 heavy (non-hydrogen) atoms. The van der Waals surface area contributed by atoms with Crippen molar-refractivity contribution in [2.75, 3.05) is 13.1 Å². The number of H-pyrrole nitrogens is 2. The fourth-order valence-electron chi connectivity index (χ4n) is 7.69. The molecule has 3 saturated heterocycles. The van der Waals surface area contributed by atoms with Crippen molar-refractivity contribution in [3.05, 3.63) is 108 Å². The molecule has 3 fully saturated rings. The Hall–Kier alpha value is -6.81. The van der Waals surface area contributed by atoms with E-state index in [0.717, 1.165) is 33.8 Å². The molecule has 8 rings (SSSR count). The van der Waals surface area contributed by atoms with E-state index >= 15 is 0 Å². The van der Waals surface area contributed by atoms with Crippen LogP contribution in [0.1, 0.15) is 65.1 Å². The van der Waals surface area contributed by atoms with E-state index in [1.807, 2.05) is 84.9 Å². The van der Waals surface area contributed by atoms with E-state index in [4.69, 9.17) is 14.6 Å². The first-order valence-electron chi connectivity index (χ1n) is 19.5. The third kappa shape index (κ3) is 9.50. The van der Waals surface area contributed by atoms with Crippen molar-refractivity contribution in [1.29, 1.82) is 0 Å². The Morgan fingerprint density at radius 2 is 1.34 bits per heavy atom. The van der Waals surface area contributed by atoms with Crippen LogP contribution in [0.4, 0.5) is 0 Å². The minimum absolute atomic E-state index is 0.0356. The molecule has 5 heterocycles. The number of carbonyl (C=O) groups is 7. The zero-order valence-corrected chi connectivity index (χ0v) is 32.0. The number of ether oxygens (including phenoxy) is 2. The highest BCUT2D eigenvalue weighted by Crippen LogP contribution is 2.26. The van der Waals surface area contributed by atoms with Gasteiger partial charge in [-0.1, -0.05) is 66.7 Å². The smallest absolute Gasteiger partial charge is 0.310 e. The number of fused-ring (bicyclic) bond motifs is 2. The molecule has 306 valence electrons. The number of aromatic amines is 2. The summed E-state index contributed by atoms with van der Waals surface area (Å²) < 4.78 is 11.0. The molecule has 16 nitrogen and oxygen atoms in total. The van der Waals surface area contributed by atoms with Crippen molar-refractivity contribution in [2.24, 2.45) is 0 Å². The van der Waals surface area contributed by atoms with Crippen molar-refractivity contribution < 1.29 is 48.1 Å². The van der Waals surface area contributed by atoms with Crippen LogP contribution in [-0.4, -0.2) is 110 Å². The summed E-state index contributed by atoms with van der Waals surface area (Å²) in [6.07, 6.45) is 1.51. The molecule has 0 radical (unpaired) electrons. The molecule has 5 atom stereocenters. The second kappa shape index (κ2) is 18.2. The molecule has 3 aliphatic heterocycles. The fraction of sp³-hybridized carbons (Fsp3) is 0.326. The number of hydrogen-bond acceptors (Lipinski definition) is 9. The number of carboxylic acid groups (broad SMARTS) is 1. The highest BCUT2D eigenvalue weighted by molar-refractivity contribution is 6.02. The Bertz CT molecular complexity index is 2290. The zero-order chi connectivity index (χ0) is 41.5. The average molecular weight is 805 g/mol. The Morgan fingerprint density at radius 1 is 0.797 bits per heavy atom. The number of likely N-dealkylation sites (tertiary alicyclic amines) is 2. The number of amides is 4. The van der Waals surface area contributed by atoms with Crippen LogP contribution < -0.4 is 10.6 Å². The Balaban J connectivity index is 0.000000185. The Morgan fingerprint density at radius 3 is 1.88 bits per heavy atom. The van der Waals surface area contributed by atoms with Gasteiger partial charge in [-0.25, -0.2) is 0 Å². The number of para-hydroxylation sites is 2. The Kier molecular flexibility index (Phi) is 12.5. The number of carboxylic acids is 1. The van der Waals surface area contributed by atoms with Crippen LogP contribution in [0.5, 0.6) is 0 Å². The third-order valence-corrected chi connectivity index (χ3v) is 10.6. The molecule has 0 bridgehead atoms. The van der Waals surface area contributed by atoms with Gasteiger partial charge in [-0.2, -0.15) is 0 Å². The van der Waals surface area contributed by atoms with Crippen LogP contribution in [0.15, 0.2) is 91.0 Å². The summed E-state index contributed by atoms with van der Waals surface area (Å²) in [5.74, 6) is -2.91. The van der Waals surface area contributed by atoms with Gasteiger partial charge in [-0.15, -0.1) is 0 Å². The quantitative estimate of drug-likeness (QED) is 0.0910. The number of nitrogens with zero attached hydrogens (tertiary/aromatic N) is 2. The number of carbonyl (C=O) groups excluding carboxylic acids is 6. The summed E-state index contributed by atoms with van der Waals surface area (Å²) in [6, 6.07) is 25.2. The summed E-state index contributed by atoms with van der Waals surface area (Å²) in [5, 5.41) is 15.9. The first-order chi connectivity index (χ1) is 28.6. The lowest BCUT2D eigenvalue weighted by Crippen LogP contribution is -2.51. The molecule has 3 aliphatic rings. The minimum Gasteiger partial charge on any atom is -0.481 e. The number of nitrogens with one attached hydrogen (secondary N) is 4. The molecule has 5 aromatic rings. The van der Waals surface area contributed by atoms with E-state index in [2.05, 4.69) is 20.6 Å². The number of esters is 1. The van der Waals surface area contributed by atoms with Gasteiger partial charge in [0.2, 0.25) is 18.1 Å². The lowest BCUT2D eigenvalue weighted by molar-refractivity contribution is -0.168. The maximum Gasteiger partial charge on any atom is 0.310 e. The molecular formula is C43H44N6O10. The Labute approximate surface area is 338 Å². The summed E-state index contributed by atoms with van der Waals surface area (Å²) in [6.45, 7) is 1.19. The highest BCUT2D eigenvalue weighted by atomic mass is 16.7. The van der Waals surface area contributed by atoms with Crippen molar-refractivity contribution in [1.82, 2.24) is 30.4 Å². The maximum absolute atomic E-state index is 13.2. The molecule has 0 saturated carbocycles. The van der Waals surface area contributed by atoms with Gasteiger partial charge in [0, 0.05) is 34.9 Å². The largest absolute Gasteiger partial charge is 0.481 e. The predicted octanol–water partition coefficient (Wildman–Crippen LogP) is 3.68. The minimum atomic E-state index is -1.18. The lowest BCUT2D eigenvalue weighted by Gasteiger charge is -2.26. The van der Waals surface area contributed by atoms with Gasteiger partial charge in [-0.3, -0.25) is 28.8 Å². The van der Waals surface area contributed by atoms with Crippen LogP contribution in [0.3, 0.4) is 0 Å². The first kappa shape index (κ1) is 40.4. The highest BCUT2D eigenvalue weighted by Gasteiger charge is 2.41. The standard InChI is InChI=1S/C25H25N3O5.C18H19N3O5/c29-22-14-20(25(33-22)32-15-16-7-2-1-3-8-16)27-23(30)21-11-6-12-28(21)24(31)19-13-17-9-4-5-10-18(17)26-19;22-10-12(9-16(23)24)19-17(25)15-6-3-7-21(15)18(26)14-8-11-4-1-2-5-13(11)20-14/h1-5,7-10,13,20-21,25-26H,6,11-12,14-15H2,(H,27,30);1-2,4-5,8,10,12,15,20H,3,6-7,9H2,(H,19,25)(H,23,24)/t20-,21-,25?;12-,15-/m00/s1. The maximum atomic E-state index is 13.2. The fourth-order valence-corrected chi connectivity index (χ4v) is 7.69. The first-order valence-corrected chi connectivity index (χ1v) is 19.5. The van der Waals surface area contributed by atoms with Crippen LogP contribution in [0.2, 0.25) is 0 Å².